The van der Waals surface area contributed by atoms with Crippen molar-refractivity contribution < 1.29 is 0 Å². The van der Waals surface area contributed by atoms with E-state index in [1.807, 2.05) is 30.3 Å². The van der Waals surface area contributed by atoms with Gasteiger partial charge in [-0.05, 0) is 29.3 Å². The summed E-state index contributed by atoms with van der Waals surface area (Å²) < 4.78 is 0. The van der Waals surface area contributed by atoms with Crippen molar-refractivity contribution in [3.05, 3.63) is 63.9 Å². The van der Waals surface area contributed by atoms with Crippen LogP contribution in [0.5, 0.6) is 0 Å². The van der Waals surface area contributed by atoms with E-state index in [9.17, 15) is 0 Å². The van der Waals surface area contributed by atoms with Crippen molar-refractivity contribution >= 4 is 23.2 Å². The van der Waals surface area contributed by atoms with Crippen LogP contribution >= 0.6 is 23.2 Å². The zero-order chi connectivity index (χ0) is 12.3. The standard InChI is InChI=1S/C12H11Cl2N3/c13-10-4-2-1-3-9(10)12(17-15)8-5-6-16-11(14)7-8/h1-7,12,17H,15H2. The first-order chi connectivity index (χ1) is 8.22. The highest BCUT2D eigenvalue weighted by molar-refractivity contribution is 6.31. The molecule has 2 aromatic rings. The Kier molecular flexibility index (Phi) is 3.97. The molecule has 3 nitrogen and oxygen atoms in total. The lowest BCUT2D eigenvalue weighted by atomic mass is 10.0. The average molecular weight is 268 g/mol. The molecule has 1 unspecified atom stereocenters. The molecule has 0 fully saturated rings. The summed E-state index contributed by atoms with van der Waals surface area (Å²) in [4.78, 5) is 3.94. The SMILES string of the molecule is NNC(c1ccnc(Cl)c1)c1ccccc1Cl. The minimum atomic E-state index is -0.204. The normalized spacial score (nSPS) is 12.4. The highest BCUT2D eigenvalue weighted by Crippen LogP contribution is 2.28. The molecule has 1 heterocycles. The summed E-state index contributed by atoms with van der Waals surface area (Å²) in [5.74, 6) is 5.58. The number of halogens is 2. The number of hydrogen-bond donors (Lipinski definition) is 2. The molecule has 0 amide bonds. The first kappa shape index (κ1) is 12.3. The maximum Gasteiger partial charge on any atom is 0.129 e. The van der Waals surface area contributed by atoms with Crippen LogP contribution in [0.1, 0.15) is 17.2 Å². The van der Waals surface area contributed by atoms with Crippen LogP contribution in [-0.2, 0) is 0 Å². The van der Waals surface area contributed by atoms with Crippen LogP contribution < -0.4 is 11.3 Å². The number of nitrogens with one attached hydrogen (secondary N) is 1. The van der Waals surface area contributed by atoms with Crippen LogP contribution in [0.4, 0.5) is 0 Å². The molecule has 0 aliphatic rings. The Morgan fingerprint density at radius 2 is 1.94 bits per heavy atom. The summed E-state index contributed by atoms with van der Waals surface area (Å²) in [6.07, 6.45) is 1.64. The second kappa shape index (κ2) is 5.47. The van der Waals surface area contributed by atoms with Gasteiger partial charge in [-0.25, -0.2) is 10.4 Å². The van der Waals surface area contributed by atoms with Crippen molar-refractivity contribution in [2.45, 2.75) is 6.04 Å². The zero-order valence-electron chi connectivity index (χ0n) is 8.90. The van der Waals surface area contributed by atoms with Crippen molar-refractivity contribution in [1.29, 1.82) is 0 Å². The average Bonchev–Trinajstić information content (AvgIpc) is 2.33. The van der Waals surface area contributed by atoms with Crippen LogP contribution in [0, 0.1) is 0 Å². The maximum absolute atomic E-state index is 6.14. The van der Waals surface area contributed by atoms with Gasteiger partial charge in [0.15, 0.2) is 0 Å². The summed E-state index contributed by atoms with van der Waals surface area (Å²) >= 11 is 12.0. The largest absolute Gasteiger partial charge is 0.271 e. The molecule has 0 radical (unpaired) electrons. The van der Waals surface area contributed by atoms with E-state index in [4.69, 9.17) is 29.0 Å². The predicted octanol–water partition coefficient (Wildman–Crippen LogP) is 2.94. The quantitative estimate of drug-likeness (QED) is 0.511. The maximum atomic E-state index is 6.14. The van der Waals surface area contributed by atoms with Gasteiger partial charge in [-0.15, -0.1) is 0 Å². The molecule has 2 rings (SSSR count). The van der Waals surface area contributed by atoms with Gasteiger partial charge < -0.3 is 0 Å². The first-order valence-corrected chi connectivity index (χ1v) is 5.80. The van der Waals surface area contributed by atoms with Crippen molar-refractivity contribution in [2.75, 3.05) is 0 Å². The molecule has 1 aromatic carbocycles. The highest BCUT2D eigenvalue weighted by Gasteiger charge is 2.15. The predicted molar refractivity (Wildman–Crippen MR) is 69.9 cm³/mol. The summed E-state index contributed by atoms with van der Waals surface area (Å²) in [5.41, 5.74) is 4.55. The summed E-state index contributed by atoms with van der Waals surface area (Å²) in [5, 5.41) is 1.08. The molecule has 0 bridgehead atoms. The van der Waals surface area contributed by atoms with Gasteiger partial charge in [0, 0.05) is 11.2 Å². The third-order valence-electron chi connectivity index (χ3n) is 2.47. The minimum absolute atomic E-state index is 0.204. The number of nitrogens with zero attached hydrogens (tertiary/aromatic N) is 1. The molecule has 0 spiro atoms. The Morgan fingerprint density at radius 1 is 1.18 bits per heavy atom. The van der Waals surface area contributed by atoms with Gasteiger partial charge in [0.2, 0.25) is 0 Å². The molecule has 88 valence electrons. The molecule has 0 aliphatic heterocycles. The van der Waals surface area contributed by atoms with E-state index >= 15 is 0 Å². The van der Waals surface area contributed by atoms with Gasteiger partial charge in [0.05, 0.1) is 6.04 Å². The fourth-order valence-electron chi connectivity index (χ4n) is 1.67. The van der Waals surface area contributed by atoms with E-state index in [1.54, 1.807) is 12.3 Å². The fourth-order valence-corrected chi connectivity index (χ4v) is 2.10. The Hall–Kier alpha value is -1.13. The molecule has 0 saturated heterocycles. The van der Waals surface area contributed by atoms with Gasteiger partial charge in [0.25, 0.3) is 0 Å². The van der Waals surface area contributed by atoms with Crippen LogP contribution in [0.2, 0.25) is 10.2 Å². The van der Waals surface area contributed by atoms with Crippen molar-refractivity contribution in [3.8, 4) is 0 Å². The Labute approximate surface area is 110 Å². The number of aromatic nitrogens is 1. The lowest BCUT2D eigenvalue weighted by Crippen LogP contribution is -2.29. The Morgan fingerprint density at radius 3 is 2.59 bits per heavy atom. The van der Waals surface area contributed by atoms with E-state index in [2.05, 4.69) is 10.4 Å². The molecule has 3 N–H and O–H groups in total. The first-order valence-electron chi connectivity index (χ1n) is 5.04. The number of benzene rings is 1. The molecule has 17 heavy (non-hydrogen) atoms. The summed E-state index contributed by atoms with van der Waals surface area (Å²) in [7, 11) is 0. The second-order valence-electron chi connectivity index (χ2n) is 3.53. The fraction of sp³-hybridized carbons (Fsp3) is 0.0833. The molecule has 1 aromatic heterocycles. The van der Waals surface area contributed by atoms with Crippen LogP contribution in [0.15, 0.2) is 42.6 Å². The number of hydrazine groups is 1. The zero-order valence-corrected chi connectivity index (χ0v) is 10.4. The molecule has 0 aliphatic carbocycles. The van der Waals surface area contributed by atoms with E-state index in [0.29, 0.717) is 10.2 Å². The van der Waals surface area contributed by atoms with Gasteiger partial charge in [-0.3, -0.25) is 5.84 Å². The van der Waals surface area contributed by atoms with Crippen LogP contribution in [-0.4, -0.2) is 4.98 Å². The number of pyridine rings is 1. The summed E-state index contributed by atoms with van der Waals surface area (Å²) in [6.45, 7) is 0. The summed E-state index contributed by atoms with van der Waals surface area (Å²) in [6, 6.07) is 10.9. The van der Waals surface area contributed by atoms with Crippen LogP contribution in [0.3, 0.4) is 0 Å². The minimum Gasteiger partial charge on any atom is -0.271 e. The van der Waals surface area contributed by atoms with Gasteiger partial charge >= 0.3 is 0 Å². The monoisotopic (exact) mass is 267 g/mol. The van der Waals surface area contributed by atoms with E-state index in [-0.39, 0.29) is 6.04 Å². The molecular formula is C12H11Cl2N3. The van der Waals surface area contributed by atoms with Crippen molar-refractivity contribution in [3.63, 3.8) is 0 Å². The molecular weight excluding hydrogens is 257 g/mol. The topological polar surface area (TPSA) is 50.9 Å². The Balaban J connectivity index is 2.44. The van der Waals surface area contributed by atoms with Gasteiger partial charge in [0.1, 0.15) is 5.15 Å². The van der Waals surface area contributed by atoms with Gasteiger partial charge in [-0.1, -0.05) is 41.4 Å². The third-order valence-corrected chi connectivity index (χ3v) is 3.02. The Bertz CT molecular complexity index is 517. The van der Waals surface area contributed by atoms with E-state index in [1.165, 1.54) is 0 Å². The van der Waals surface area contributed by atoms with E-state index in [0.717, 1.165) is 11.1 Å². The van der Waals surface area contributed by atoms with Crippen LogP contribution in [0.25, 0.3) is 0 Å². The third kappa shape index (κ3) is 2.76. The molecule has 5 heteroatoms. The van der Waals surface area contributed by atoms with E-state index < -0.39 is 0 Å². The number of nitrogens with two attached hydrogens (primary N) is 1. The number of rotatable bonds is 3. The number of hydrogen-bond acceptors (Lipinski definition) is 3. The second-order valence-corrected chi connectivity index (χ2v) is 4.33. The molecule has 1 atom stereocenters. The highest BCUT2D eigenvalue weighted by atomic mass is 35.5. The van der Waals surface area contributed by atoms with Crippen molar-refractivity contribution in [1.82, 2.24) is 10.4 Å². The smallest absolute Gasteiger partial charge is 0.129 e. The molecule has 0 saturated carbocycles. The van der Waals surface area contributed by atoms with Gasteiger partial charge in [-0.2, -0.15) is 0 Å². The lowest BCUT2D eigenvalue weighted by Gasteiger charge is -2.18. The van der Waals surface area contributed by atoms with Crippen molar-refractivity contribution in [2.24, 2.45) is 5.84 Å². The lowest BCUT2D eigenvalue weighted by molar-refractivity contribution is 0.636.